The lowest BCUT2D eigenvalue weighted by molar-refractivity contribution is 0.104. The van der Waals surface area contributed by atoms with Crippen molar-refractivity contribution in [3.05, 3.63) is 58.1 Å². The van der Waals surface area contributed by atoms with Gasteiger partial charge in [-0.1, -0.05) is 43.2 Å². The number of aromatic nitrogens is 1. The average Bonchev–Trinajstić information content (AvgIpc) is 2.84. The van der Waals surface area contributed by atoms with Crippen molar-refractivity contribution in [2.24, 2.45) is 0 Å². The van der Waals surface area contributed by atoms with E-state index in [2.05, 4.69) is 11.9 Å². The lowest BCUT2D eigenvalue weighted by Gasteiger charge is -2.00. The molecule has 0 unspecified atom stereocenters. The zero-order chi connectivity index (χ0) is 15.7. The summed E-state index contributed by atoms with van der Waals surface area (Å²) in [7, 11) is 0. The molecule has 4 heteroatoms. The minimum absolute atomic E-state index is 0.0301. The van der Waals surface area contributed by atoms with Gasteiger partial charge in [-0.05, 0) is 25.5 Å². The van der Waals surface area contributed by atoms with Crippen molar-refractivity contribution in [2.45, 2.75) is 26.7 Å². The molecule has 0 saturated heterocycles. The largest absolute Gasteiger partial charge is 0.397 e. The Labute approximate surface area is 133 Å². The summed E-state index contributed by atoms with van der Waals surface area (Å²) >= 11 is 1.39. The number of fused-ring (bicyclic) bond motifs is 1. The monoisotopic (exact) mass is 310 g/mol. The van der Waals surface area contributed by atoms with Crippen LogP contribution in [0.25, 0.3) is 10.2 Å². The molecule has 3 rings (SSSR count). The molecule has 0 fully saturated rings. The first-order valence-electron chi connectivity index (χ1n) is 7.39. The van der Waals surface area contributed by atoms with Crippen LogP contribution < -0.4 is 5.73 Å². The number of carbonyl (C=O) groups excluding carboxylic acids is 1. The molecule has 0 bridgehead atoms. The summed E-state index contributed by atoms with van der Waals surface area (Å²) < 4.78 is 0. The molecule has 0 amide bonds. The molecule has 0 aliphatic rings. The third-order valence-corrected chi connectivity index (χ3v) is 4.79. The third kappa shape index (κ3) is 2.62. The normalized spacial score (nSPS) is 11.0. The maximum absolute atomic E-state index is 12.7. The van der Waals surface area contributed by atoms with Gasteiger partial charge in [0.2, 0.25) is 5.78 Å². The van der Waals surface area contributed by atoms with E-state index in [1.165, 1.54) is 11.3 Å². The number of anilines is 1. The molecule has 0 radical (unpaired) electrons. The fourth-order valence-corrected chi connectivity index (χ4v) is 3.51. The number of hydrogen-bond acceptors (Lipinski definition) is 4. The zero-order valence-electron chi connectivity index (χ0n) is 12.7. The van der Waals surface area contributed by atoms with Gasteiger partial charge in [0.25, 0.3) is 0 Å². The van der Waals surface area contributed by atoms with Crippen molar-refractivity contribution >= 4 is 33.0 Å². The van der Waals surface area contributed by atoms with Gasteiger partial charge in [-0.3, -0.25) is 4.79 Å². The highest BCUT2D eigenvalue weighted by molar-refractivity contribution is 7.21. The van der Waals surface area contributed by atoms with Crippen LogP contribution in [0, 0.1) is 6.92 Å². The van der Waals surface area contributed by atoms with Crippen LogP contribution in [-0.2, 0) is 6.42 Å². The predicted molar refractivity (Wildman–Crippen MR) is 92.6 cm³/mol. The summed E-state index contributed by atoms with van der Waals surface area (Å²) in [4.78, 5) is 18.7. The molecule has 1 aromatic carbocycles. The Balaban J connectivity index is 2.05. The molecule has 0 spiro atoms. The maximum atomic E-state index is 12.7. The van der Waals surface area contributed by atoms with Crippen molar-refractivity contribution in [3.63, 3.8) is 0 Å². The number of nitrogen functional groups attached to an aromatic ring is 1. The minimum Gasteiger partial charge on any atom is -0.397 e. The van der Waals surface area contributed by atoms with Crippen LogP contribution >= 0.6 is 11.3 Å². The SMILES string of the molecule is CCCc1ccc2c(N)c(C(=O)c3ccc(C)cc3)sc2n1. The zero-order valence-corrected chi connectivity index (χ0v) is 13.5. The summed E-state index contributed by atoms with van der Waals surface area (Å²) in [6.07, 6.45) is 1.99. The first-order valence-corrected chi connectivity index (χ1v) is 8.21. The minimum atomic E-state index is -0.0301. The molecule has 0 atom stereocenters. The number of rotatable bonds is 4. The van der Waals surface area contributed by atoms with Crippen LogP contribution in [0.2, 0.25) is 0 Å². The number of benzene rings is 1. The van der Waals surface area contributed by atoms with Crippen molar-refractivity contribution in [3.8, 4) is 0 Å². The fraction of sp³-hybridized carbons (Fsp3) is 0.222. The highest BCUT2D eigenvalue weighted by atomic mass is 32.1. The van der Waals surface area contributed by atoms with Crippen LogP contribution in [0.5, 0.6) is 0 Å². The Morgan fingerprint density at radius 3 is 2.59 bits per heavy atom. The summed E-state index contributed by atoms with van der Waals surface area (Å²) in [5, 5.41) is 0.875. The van der Waals surface area contributed by atoms with E-state index in [0.29, 0.717) is 16.1 Å². The summed E-state index contributed by atoms with van der Waals surface area (Å²) in [5.41, 5.74) is 9.57. The Kier molecular flexibility index (Phi) is 3.94. The summed E-state index contributed by atoms with van der Waals surface area (Å²) in [6.45, 7) is 4.13. The molecular formula is C18H18N2OS. The molecule has 0 saturated carbocycles. The number of nitrogens with zero attached hydrogens (tertiary/aromatic N) is 1. The second-order valence-corrected chi connectivity index (χ2v) is 6.44. The van der Waals surface area contributed by atoms with Crippen LogP contribution in [0.4, 0.5) is 5.69 Å². The number of carbonyl (C=O) groups is 1. The van der Waals surface area contributed by atoms with E-state index in [-0.39, 0.29) is 5.78 Å². The number of ketones is 1. The van der Waals surface area contributed by atoms with E-state index in [9.17, 15) is 4.79 Å². The van der Waals surface area contributed by atoms with E-state index >= 15 is 0 Å². The van der Waals surface area contributed by atoms with Gasteiger partial charge < -0.3 is 5.73 Å². The van der Waals surface area contributed by atoms with Crippen LogP contribution in [0.1, 0.15) is 39.8 Å². The lowest BCUT2D eigenvalue weighted by Crippen LogP contribution is -2.01. The number of hydrogen-bond donors (Lipinski definition) is 1. The number of nitrogens with two attached hydrogens (primary N) is 1. The maximum Gasteiger partial charge on any atom is 0.205 e. The smallest absolute Gasteiger partial charge is 0.205 e. The van der Waals surface area contributed by atoms with Crippen molar-refractivity contribution < 1.29 is 4.79 Å². The Morgan fingerprint density at radius 1 is 1.18 bits per heavy atom. The first-order chi connectivity index (χ1) is 10.6. The van der Waals surface area contributed by atoms with E-state index in [4.69, 9.17) is 5.73 Å². The molecule has 2 heterocycles. The Bertz CT molecular complexity index is 834. The van der Waals surface area contributed by atoms with Crippen LogP contribution in [0.3, 0.4) is 0 Å². The van der Waals surface area contributed by atoms with Gasteiger partial charge in [-0.15, -0.1) is 11.3 Å². The highest BCUT2D eigenvalue weighted by Crippen LogP contribution is 2.34. The Hall–Kier alpha value is -2.20. The quantitative estimate of drug-likeness (QED) is 0.728. The van der Waals surface area contributed by atoms with Gasteiger partial charge >= 0.3 is 0 Å². The van der Waals surface area contributed by atoms with Crippen molar-refractivity contribution in [1.29, 1.82) is 0 Å². The van der Waals surface area contributed by atoms with Gasteiger partial charge in [-0.2, -0.15) is 0 Å². The van der Waals surface area contributed by atoms with Crippen LogP contribution in [0.15, 0.2) is 36.4 Å². The van der Waals surface area contributed by atoms with Crippen LogP contribution in [-0.4, -0.2) is 10.8 Å². The summed E-state index contributed by atoms with van der Waals surface area (Å²) in [6, 6.07) is 11.5. The number of aryl methyl sites for hydroxylation is 2. The van der Waals surface area contributed by atoms with Gasteiger partial charge in [0, 0.05) is 16.6 Å². The Morgan fingerprint density at radius 2 is 1.91 bits per heavy atom. The molecule has 112 valence electrons. The average molecular weight is 310 g/mol. The van der Waals surface area contributed by atoms with E-state index in [1.807, 2.05) is 43.3 Å². The predicted octanol–water partition coefficient (Wildman–Crippen LogP) is 4.37. The molecule has 2 aromatic heterocycles. The molecule has 3 aromatic rings. The van der Waals surface area contributed by atoms with Crippen molar-refractivity contribution in [2.75, 3.05) is 5.73 Å². The van der Waals surface area contributed by atoms with Gasteiger partial charge in [0.1, 0.15) is 9.71 Å². The topological polar surface area (TPSA) is 56.0 Å². The molecule has 22 heavy (non-hydrogen) atoms. The highest BCUT2D eigenvalue weighted by Gasteiger charge is 2.18. The van der Waals surface area contributed by atoms with E-state index < -0.39 is 0 Å². The first kappa shape index (κ1) is 14.7. The van der Waals surface area contributed by atoms with Crippen molar-refractivity contribution in [1.82, 2.24) is 4.98 Å². The number of thiophene rings is 1. The van der Waals surface area contributed by atoms with Gasteiger partial charge in [0.15, 0.2) is 0 Å². The van der Waals surface area contributed by atoms with E-state index in [0.717, 1.165) is 34.3 Å². The summed E-state index contributed by atoms with van der Waals surface area (Å²) in [5.74, 6) is -0.0301. The number of pyridine rings is 1. The van der Waals surface area contributed by atoms with E-state index in [1.54, 1.807) is 0 Å². The molecule has 2 N–H and O–H groups in total. The van der Waals surface area contributed by atoms with Gasteiger partial charge in [0.05, 0.1) is 5.69 Å². The third-order valence-electron chi connectivity index (χ3n) is 3.68. The fourth-order valence-electron chi connectivity index (χ4n) is 2.44. The lowest BCUT2D eigenvalue weighted by atomic mass is 10.1. The second kappa shape index (κ2) is 5.89. The molecule has 3 nitrogen and oxygen atoms in total. The molecule has 0 aliphatic carbocycles. The molecular weight excluding hydrogens is 292 g/mol. The standard InChI is InChI=1S/C18H18N2OS/c1-3-4-13-9-10-14-15(19)17(22-18(14)20-13)16(21)12-7-5-11(2)6-8-12/h5-10H,3-4,19H2,1-2H3. The molecule has 0 aliphatic heterocycles. The van der Waals surface area contributed by atoms with Gasteiger partial charge in [-0.25, -0.2) is 4.98 Å². The second-order valence-electron chi connectivity index (χ2n) is 5.45.